The number of hydrogen-bond donors (Lipinski definition) is 2. The highest BCUT2D eigenvalue weighted by Gasteiger charge is 2.37. The third-order valence-corrected chi connectivity index (χ3v) is 5.96. The number of benzene rings is 2. The molecule has 0 radical (unpaired) electrons. The van der Waals surface area contributed by atoms with Gasteiger partial charge >= 0.3 is 5.97 Å². The minimum absolute atomic E-state index is 0.0972. The zero-order valence-corrected chi connectivity index (χ0v) is 17.2. The van der Waals surface area contributed by atoms with Crippen LogP contribution in [0.2, 0.25) is 0 Å². The molecule has 0 spiro atoms. The van der Waals surface area contributed by atoms with Crippen molar-refractivity contribution < 1.29 is 19.0 Å². The zero-order valence-electron chi connectivity index (χ0n) is 17.2. The van der Waals surface area contributed by atoms with Crippen LogP contribution in [0.1, 0.15) is 38.3 Å². The van der Waals surface area contributed by atoms with Gasteiger partial charge < -0.3 is 9.84 Å². The number of halogens is 1. The maximum absolute atomic E-state index is 13.6. The Morgan fingerprint density at radius 2 is 1.94 bits per heavy atom. The van der Waals surface area contributed by atoms with Gasteiger partial charge in [-0.15, -0.1) is 0 Å². The van der Waals surface area contributed by atoms with Crippen LogP contribution >= 0.6 is 0 Å². The van der Waals surface area contributed by atoms with Gasteiger partial charge in [-0.2, -0.15) is 5.10 Å². The third kappa shape index (κ3) is 3.40. The minimum atomic E-state index is -0.786. The fraction of sp³-hybridized carbons (Fsp3) is 0.292. The lowest BCUT2D eigenvalue weighted by Gasteiger charge is -2.32. The molecule has 2 heterocycles. The fourth-order valence-corrected chi connectivity index (χ4v) is 4.19. The smallest absolute Gasteiger partial charge is 0.306 e. The van der Waals surface area contributed by atoms with Crippen molar-refractivity contribution in [2.45, 2.75) is 38.7 Å². The normalized spacial score (nSPS) is 18.5. The van der Waals surface area contributed by atoms with Crippen LogP contribution in [0, 0.1) is 11.7 Å². The van der Waals surface area contributed by atoms with Crippen LogP contribution in [0.5, 0.6) is 5.88 Å². The van der Waals surface area contributed by atoms with Gasteiger partial charge in [0, 0.05) is 16.3 Å². The van der Waals surface area contributed by atoms with E-state index in [2.05, 4.69) is 24.0 Å². The number of aromatic nitrogens is 3. The predicted molar refractivity (Wildman–Crippen MR) is 116 cm³/mol. The first-order valence-corrected chi connectivity index (χ1v) is 10.4. The lowest BCUT2D eigenvalue weighted by molar-refractivity contribution is -0.148. The molecular formula is C24H22FN3O3. The molecular weight excluding hydrogens is 397 g/mol. The van der Waals surface area contributed by atoms with Gasteiger partial charge in [-0.1, -0.05) is 26.0 Å². The fourth-order valence-electron chi connectivity index (χ4n) is 4.19. The van der Waals surface area contributed by atoms with Crippen LogP contribution in [-0.4, -0.2) is 32.4 Å². The molecule has 2 N–H and O–H groups in total. The second-order valence-electron chi connectivity index (χ2n) is 8.44. The highest BCUT2D eigenvalue weighted by molar-refractivity contribution is 6.06. The summed E-state index contributed by atoms with van der Waals surface area (Å²) in [7, 11) is 0. The van der Waals surface area contributed by atoms with E-state index in [1.54, 1.807) is 18.3 Å². The molecule has 0 bridgehead atoms. The van der Waals surface area contributed by atoms with Gasteiger partial charge in [0.2, 0.25) is 5.88 Å². The lowest BCUT2D eigenvalue weighted by atomic mass is 9.82. The van der Waals surface area contributed by atoms with E-state index in [9.17, 15) is 14.3 Å². The highest BCUT2D eigenvalue weighted by atomic mass is 19.1. The van der Waals surface area contributed by atoms with Gasteiger partial charge in [0.1, 0.15) is 11.9 Å². The summed E-state index contributed by atoms with van der Waals surface area (Å²) in [6, 6.07) is 10.4. The Balaban J connectivity index is 1.71. The van der Waals surface area contributed by atoms with E-state index < -0.39 is 5.97 Å². The van der Waals surface area contributed by atoms with Crippen molar-refractivity contribution in [1.29, 1.82) is 0 Å². The molecule has 158 valence electrons. The number of pyridine rings is 1. The SMILES string of the molecule is CC(C)c1nc(OC2CC(C(=O)O)C2)c2cc3[nH]ncc3cc2c1-c1ccc(F)cc1. The number of carbonyl (C=O) groups is 1. The Hall–Kier alpha value is -3.48. The first-order valence-electron chi connectivity index (χ1n) is 10.4. The van der Waals surface area contributed by atoms with E-state index in [0.717, 1.165) is 38.5 Å². The summed E-state index contributed by atoms with van der Waals surface area (Å²) in [6.45, 7) is 4.12. The van der Waals surface area contributed by atoms with Crippen molar-refractivity contribution in [2.75, 3.05) is 0 Å². The Morgan fingerprint density at radius 3 is 2.61 bits per heavy atom. The standard InChI is InChI=1S/C24H22FN3O3/c1-12(2)22-21(13-3-5-16(25)6-4-13)18-9-15-11-26-28-20(15)10-19(18)23(27-22)31-17-7-14(8-17)24(29)30/h3-6,9-12,14,17H,7-8H2,1-2H3,(H,26,28)(H,29,30). The molecule has 0 unspecified atom stereocenters. The predicted octanol–water partition coefficient (Wildman–Crippen LogP) is 5.28. The number of H-pyrrole nitrogens is 1. The molecule has 6 nitrogen and oxygen atoms in total. The summed E-state index contributed by atoms with van der Waals surface area (Å²) in [5.74, 6) is -0.845. The van der Waals surface area contributed by atoms with E-state index >= 15 is 0 Å². The van der Waals surface area contributed by atoms with E-state index in [1.807, 2.05) is 12.1 Å². The van der Waals surface area contributed by atoms with Crippen LogP contribution < -0.4 is 4.74 Å². The first kappa shape index (κ1) is 19.5. The first-order chi connectivity index (χ1) is 14.9. The molecule has 0 saturated heterocycles. The van der Waals surface area contributed by atoms with Crippen molar-refractivity contribution in [3.8, 4) is 17.0 Å². The molecule has 0 aliphatic heterocycles. The maximum Gasteiger partial charge on any atom is 0.306 e. The van der Waals surface area contributed by atoms with Crippen LogP contribution in [0.25, 0.3) is 32.8 Å². The molecule has 2 aromatic heterocycles. The number of nitrogens with zero attached hydrogens (tertiary/aromatic N) is 2. The van der Waals surface area contributed by atoms with Crippen molar-refractivity contribution in [3.05, 3.63) is 54.1 Å². The van der Waals surface area contributed by atoms with E-state index in [4.69, 9.17) is 9.72 Å². The molecule has 2 aromatic carbocycles. The Labute approximate surface area is 178 Å². The van der Waals surface area contributed by atoms with Crippen molar-refractivity contribution in [2.24, 2.45) is 5.92 Å². The number of aromatic amines is 1. The number of rotatable bonds is 5. The number of ether oxygens (including phenoxy) is 1. The molecule has 31 heavy (non-hydrogen) atoms. The molecule has 7 heteroatoms. The highest BCUT2D eigenvalue weighted by Crippen LogP contribution is 2.42. The summed E-state index contributed by atoms with van der Waals surface area (Å²) >= 11 is 0. The average Bonchev–Trinajstić information content (AvgIpc) is 3.16. The Kier molecular flexibility index (Phi) is 4.61. The van der Waals surface area contributed by atoms with E-state index in [1.165, 1.54) is 12.1 Å². The zero-order chi connectivity index (χ0) is 21.7. The van der Waals surface area contributed by atoms with Gasteiger partial charge in [0.15, 0.2) is 0 Å². The summed E-state index contributed by atoms with van der Waals surface area (Å²) < 4.78 is 19.8. The van der Waals surface area contributed by atoms with Gasteiger partial charge in [0.25, 0.3) is 0 Å². The number of nitrogens with one attached hydrogen (secondary N) is 1. The van der Waals surface area contributed by atoms with Crippen LogP contribution in [0.15, 0.2) is 42.6 Å². The van der Waals surface area contributed by atoms with Gasteiger partial charge in [-0.25, -0.2) is 9.37 Å². The number of fused-ring (bicyclic) bond motifs is 2. The molecule has 1 aliphatic carbocycles. The van der Waals surface area contributed by atoms with Crippen molar-refractivity contribution in [3.63, 3.8) is 0 Å². The van der Waals surface area contributed by atoms with Crippen LogP contribution in [-0.2, 0) is 4.79 Å². The van der Waals surface area contributed by atoms with Gasteiger partial charge in [0.05, 0.1) is 23.3 Å². The lowest BCUT2D eigenvalue weighted by Crippen LogP contribution is -2.38. The van der Waals surface area contributed by atoms with E-state index in [-0.39, 0.29) is 23.8 Å². The molecule has 1 fully saturated rings. The molecule has 1 aliphatic rings. The molecule has 5 rings (SSSR count). The second kappa shape index (κ2) is 7.34. The largest absolute Gasteiger partial charge is 0.481 e. The number of hydrogen-bond acceptors (Lipinski definition) is 4. The maximum atomic E-state index is 13.6. The number of carboxylic acid groups (broad SMARTS) is 1. The minimum Gasteiger partial charge on any atom is -0.481 e. The summed E-state index contributed by atoms with van der Waals surface area (Å²) in [6.07, 6.45) is 2.54. The van der Waals surface area contributed by atoms with Gasteiger partial charge in [-0.05, 0) is 54.0 Å². The third-order valence-electron chi connectivity index (χ3n) is 5.96. The van der Waals surface area contributed by atoms with Crippen LogP contribution in [0.4, 0.5) is 4.39 Å². The second-order valence-corrected chi connectivity index (χ2v) is 8.44. The number of carboxylic acids is 1. The Morgan fingerprint density at radius 1 is 1.19 bits per heavy atom. The summed E-state index contributed by atoms with van der Waals surface area (Å²) in [4.78, 5) is 16.1. The van der Waals surface area contributed by atoms with Gasteiger partial charge in [-0.3, -0.25) is 9.89 Å². The van der Waals surface area contributed by atoms with E-state index in [0.29, 0.717) is 18.7 Å². The summed E-state index contributed by atoms with van der Waals surface area (Å²) in [5.41, 5.74) is 3.54. The van der Waals surface area contributed by atoms with Crippen molar-refractivity contribution >= 4 is 27.6 Å². The average molecular weight is 419 g/mol. The monoisotopic (exact) mass is 419 g/mol. The quantitative estimate of drug-likeness (QED) is 0.459. The van der Waals surface area contributed by atoms with Crippen LogP contribution in [0.3, 0.4) is 0 Å². The topological polar surface area (TPSA) is 88.1 Å². The van der Waals surface area contributed by atoms with Crippen molar-refractivity contribution in [1.82, 2.24) is 15.2 Å². The molecule has 0 amide bonds. The molecule has 1 saturated carbocycles. The Bertz CT molecular complexity index is 1290. The molecule has 4 aromatic rings. The summed E-state index contributed by atoms with van der Waals surface area (Å²) in [5, 5.41) is 19.0. The number of aliphatic carboxylic acids is 1. The molecule has 0 atom stereocenters.